The zero-order chi connectivity index (χ0) is 10.0. The lowest BCUT2D eigenvalue weighted by atomic mass is 9.71. The SMILES string of the molecule is CCN1CCC2(CCN(N)CC2)CC1. The minimum atomic E-state index is 0.654. The Labute approximate surface area is 87.2 Å². The predicted molar refractivity (Wildman–Crippen MR) is 58.8 cm³/mol. The highest BCUT2D eigenvalue weighted by Crippen LogP contribution is 2.40. The van der Waals surface area contributed by atoms with Crippen LogP contribution in [0.3, 0.4) is 0 Å². The summed E-state index contributed by atoms with van der Waals surface area (Å²) >= 11 is 0. The van der Waals surface area contributed by atoms with Crippen LogP contribution in [-0.2, 0) is 0 Å². The van der Waals surface area contributed by atoms with Crippen molar-refractivity contribution in [3.05, 3.63) is 0 Å². The first kappa shape index (κ1) is 10.4. The lowest BCUT2D eigenvalue weighted by Gasteiger charge is -2.45. The zero-order valence-corrected chi connectivity index (χ0v) is 9.34. The molecule has 0 radical (unpaired) electrons. The van der Waals surface area contributed by atoms with E-state index in [1.54, 1.807) is 0 Å². The minimum absolute atomic E-state index is 0.654. The van der Waals surface area contributed by atoms with Gasteiger partial charge in [-0.25, -0.2) is 5.01 Å². The molecule has 0 aromatic carbocycles. The summed E-state index contributed by atoms with van der Waals surface area (Å²) in [6.45, 7) is 8.31. The highest BCUT2D eigenvalue weighted by molar-refractivity contribution is 4.89. The van der Waals surface area contributed by atoms with Gasteiger partial charge in [-0.2, -0.15) is 0 Å². The standard InChI is InChI=1S/C11H23N3/c1-2-13-7-3-11(4-8-13)5-9-14(12)10-6-11/h2-10,12H2,1H3. The van der Waals surface area contributed by atoms with Crippen molar-refractivity contribution >= 4 is 0 Å². The van der Waals surface area contributed by atoms with Gasteiger partial charge in [0.15, 0.2) is 0 Å². The van der Waals surface area contributed by atoms with Gasteiger partial charge >= 0.3 is 0 Å². The Morgan fingerprint density at radius 1 is 1.00 bits per heavy atom. The molecule has 3 heteroatoms. The van der Waals surface area contributed by atoms with Gasteiger partial charge in [0.1, 0.15) is 0 Å². The highest BCUT2D eigenvalue weighted by atomic mass is 15.4. The molecule has 2 rings (SSSR count). The van der Waals surface area contributed by atoms with E-state index in [4.69, 9.17) is 5.84 Å². The van der Waals surface area contributed by atoms with Gasteiger partial charge in [0.05, 0.1) is 0 Å². The molecule has 2 aliphatic heterocycles. The second kappa shape index (κ2) is 4.17. The first-order valence-electron chi connectivity index (χ1n) is 5.96. The largest absolute Gasteiger partial charge is 0.304 e. The Bertz CT molecular complexity index is 175. The van der Waals surface area contributed by atoms with Crippen molar-refractivity contribution in [1.82, 2.24) is 9.91 Å². The molecule has 0 aromatic heterocycles. The molecule has 0 aliphatic carbocycles. The van der Waals surface area contributed by atoms with Crippen LogP contribution in [0.4, 0.5) is 0 Å². The monoisotopic (exact) mass is 197 g/mol. The maximum Gasteiger partial charge on any atom is 0.0133 e. The van der Waals surface area contributed by atoms with E-state index < -0.39 is 0 Å². The van der Waals surface area contributed by atoms with Crippen molar-refractivity contribution < 1.29 is 0 Å². The van der Waals surface area contributed by atoms with E-state index in [2.05, 4.69) is 11.8 Å². The summed E-state index contributed by atoms with van der Waals surface area (Å²) in [5.74, 6) is 5.80. The number of likely N-dealkylation sites (tertiary alicyclic amines) is 1. The number of hydrogen-bond donors (Lipinski definition) is 1. The first-order chi connectivity index (χ1) is 6.74. The summed E-state index contributed by atoms with van der Waals surface area (Å²) in [6.07, 6.45) is 5.44. The third-order valence-corrected chi connectivity index (χ3v) is 4.22. The van der Waals surface area contributed by atoms with Crippen LogP contribution in [0.2, 0.25) is 0 Å². The summed E-state index contributed by atoms with van der Waals surface area (Å²) < 4.78 is 0. The molecule has 0 atom stereocenters. The zero-order valence-electron chi connectivity index (χ0n) is 9.34. The Kier molecular flexibility index (Phi) is 3.10. The van der Waals surface area contributed by atoms with Crippen LogP contribution in [0.15, 0.2) is 0 Å². The Morgan fingerprint density at radius 3 is 2.00 bits per heavy atom. The summed E-state index contributed by atoms with van der Waals surface area (Å²) in [7, 11) is 0. The van der Waals surface area contributed by atoms with Crippen LogP contribution in [0.25, 0.3) is 0 Å². The summed E-state index contributed by atoms with van der Waals surface area (Å²) in [6, 6.07) is 0. The highest BCUT2D eigenvalue weighted by Gasteiger charge is 2.36. The van der Waals surface area contributed by atoms with Crippen molar-refractivity contribution in [2.75, 3.05) is 32.7 Å². The van der Waals surface area contributed by atoms with E-state index in [1.807, 2.05) is 5.01 Å². The first-order valence-corrected chi connectivity index (χ1v) is 5.96. The lowest BCUT2D eigenvalue weighted by Crippen LogP contribution is -2.48. The molecule has 0 aromatic rings. The van der Waals surface area contributed by atoms with Gasteiger partial charge in [0.25, 0.3) is 0 Å². The number of hydrazine groups is 1. The van der Waals surface area contributed by atoms with Gasteiger partial charge in [-0.15, -0.1) is 0 Å². The summed E-state index contributed by atoms with van der Waals surface area (Å²) in [5.41, 5.74) is 0.654. The number of nitrogens with zero attached hydrogens (tertiary/aromatic N) is 2. The van der Waals surface area contributed by atoms with Gasteiger partial charge in [-0.3, -0.25) is 5.84 Å². The maximum absolute atomic E-state index is 5.80. The molecule has 1 spiro atoms. The van der Waals surface area contributed by atoms with Crippen LogP contribution in [0.1, 0.15) is 32.6 Å². The van der Waals surface area contributed by atoms with Gasteiger partial charge in [0.2, 0.25) is 0 Å². The van der Waals surface area contributed by atoms with Crippen molar-refractivity contribution in [3.8, 4) is 0 Å². The maximum atomic E-state index is 5.80. The van der Waals surface area contributed by atoms with Gasteiger partial charge in [0, 0.05) is 13.1 Å². The molecule has 2 saturated heterocycles. The smallest absolute Gasteiger partial charge is 0.0133 e. The fourth-order valence-electron chi connectivity index (χ4n) is 2.84. The number of rotatable bonds is 1. The fourth-order valence-corrected chi connectivity index (χ4v) is 2.84. The Hall–Kier alpha value is -0.120. The summed E-state index contributed by atoms with van der Waals surface area (Å²) in [5, 5.41) is 1.98. The van der Waals surface area contributed by atoms with Crippen molar-refractivity contribution in [2.45, 2.75) is 32.6 Å². The van der Waals surface area contributed by atoms with Gasteiger partial charge < -0.3 is 4.90 Å². The molecular weight excluding hydrogens is 174 g/mol. The molecule has 3 nitrogen and oxygen atoms in total. The van der Waals surface area contributed by atoms with Crippen molar-refractivity contribution in [2.24, 2.45) is 11.3 Å². The predicted octanol–water partition coefficient (Wildman–Crippen LogP) is 1.06. The van der Waals surface area contributed by atoms with E-state index in [0.717, 1.165) is 13.1 Å². The molecule has 0 saturated carbocycles. The average molecular weight is 197 g/mol. The third-order valence-electron chi connectivity index (χ3n) is 4.22. The second-order valence-electron chi connectivity index (χ2n) is 4.97. The third kappa shape index (κ3) is 2.10. The second-order valence-corrected chi connectivity index (χ2v) is 4.97. The summed E-state index contributed by atoms with van der Waals surface area (Å²) in [4.78, 5) is 2.57. The van der Waals surface area contributed by atoms with Crippen LogP contribution in [0.5, 0.6) is 0 Å². The molecule has 2 fully saturated rings. The number of hydrogen-bond acceptors (Lipinski definition) is 3. The molecule has 0 bridgehead atoms. The van der Waals surface area contributed by atoms with Crippen LogP contribution in [-0.4, -0.2) is 42.6 Å². The van der Waals surface area contributed by atoms with Crippen LogP contribution in [0, 0.1) is 5.41 Å². The topological polar surface area (TPSA) is 32.5 Å². The van der Waals surface area contributed by atoms with E-state index in [9.17, 15) is 0 Å². The molecule has 2 heterocycles. The molecule has 0 amide bonds. The molecular formula is C11H23N3. The van der Waals surface area contributed by atoms with Crippen molar-refractivity contribution in [1.29, 1.82) is 0 Å². The van der Waals surface area contributed by atoms with E-state index in [0.29, 0.717) is 5.41 Å². The van der Waals surface area contributed by atoms with Gasteiger partial charge in [-0.1, -0.05) is 6.92 Å². The van der Waals surface area contributed by atoms with Crippen LogP contribution >= 0.6 is 0 Å². The Balaban J connectivity index is 1.86. The molecule has 2 N–H and O–H groups in total. The number of nitrogens with two attached hydrogens (primary N) is 1. The van der Waals surface area contributed by atoms with E-state index >= 15 is 0 Å². The number of piperidine rings is 2. The van der Waals surface area contributed by atoms with E-state index in [1.165, 1.54) is 45.3 Å². The van der Waals surface area contributed by atoms with Gasteiger partial charge in [-0.05, 0) is 50.7 Å². The normalized spacial score (nSPS) is 29.6. The minimum Gasteiger partial charge on any atom is -0.304 e. The average Bonchev–Trinajstić information content (AvgIpc) is 2.24. The van der Waals surface area contributed by atoms with E-state index in [-0.39, 0.29) is 0 Å². The fraction of sp³-hybridized carbons (Fsp3) is 1.00. The van der Waals surface area contributed by atoms with Crippen molar-refractivity contribution in [3.63, 3.8) is 0 Å². The Morgan fingerprint density at radius 2 is 1.50 bits per heavy atom. The quantitative estimate of drug-likeness (QED) is 0.638. The lowest BCUT2D eigenvalue weighted by molar-refractivity contribution is 0.0365. The molecule has 82 valence electrons. The molecule has 0 unspecified atom stereocenters. The molecule has 14 heavy (non-hydrogen) atoms. The molecule has 2 aliphatic rings. The van der Waals surface area contributed by atoms with Crippen LogP contribution < -0.4 is 5.84 Å².